The third-order valence-corrected chi connectivity index (χ3v) is 6.18. The normalized spacial score (nSPS) is 24.1. The van der Waals surface area contributed by atoms with E-state index in [0.717, 1.165) is 49.4 Å². The second-order valence-corrected chi connectivity index (χ2v) is 10.0. The summed E-state index contributed by atoms with van der Waals surface area (Å²) in [6.07, 6.45) is 4.21. The summed E-state index contributed by atoms with van der Waals surface area (Å²) >= 11 is 3.51. The molecule has 0 bridgehead atoms. The standard InChI is InChI=1S/C22H34BrN3O2/c1-22(2,3)28-21(27)24-19-8-4-17(5-9-19)16-25-12-14-26(15-13-25)20-10-6-18(23)7-11-20/h6-7,10-11,17,19H,4-5,8-9,12-16H2,1-3H3,(H,24,27). The molecule has 1 aromatic carbocycles. The van der Waals surface area contributed by atoms with Crippen molar-refractivity contribution >= 4 is 27.7 Å². The monoisotopic (exact) mass is 451 g/mol. The van der Waals surface area contributed by atoms with Crippen molar-refractivity contribution in [1.82, 2.24) is 10.2 Å². The van der Waals surface area contributed by atoms with Crippen LogP contribution in [-0.2, 0) is 4.74 Å². The van der Waals surface area contributed by atoms with Gasteiger partial charge >= 0.3 is 6.09 Å². The first-order valence-electron chi connectivity index (χ1n) is 10.5. The van der Waals surface area contributed by atoms with Crippen LogP contribution in [0.1, 0.15) is 46.5 Å². The third kappa shape index (κ3) is 6.66. The Balaban J connectivity index is 1.35. The molecule has 1 aliphatic heterocycles. The Hall–Kier alpha value is -1.27. The summed E-state index contributed by atoms with van der Waals surface area (Å²) in [5.74, 6) is 0.746. The van der Waals surface area contributed by atoms with E-state index < -0.39 is 5.60 Å². The maximum atomic E-state index is 11.9. The fourth-order valence-electron chi connectivity index (χ4n) is 4.17. The molecule has 2 aliphatic rings. The number of piperazine rings is 1. The molecule has 156 valence electrons. The Morgan fingerprint density at radius 2 is 1.68 bits per heavy atom. The van der Waals surface area contributed by atoms with Crippen molar-refractivity contribution in [3.63, 3.8) is 0 Å². The molecular formula is C22H34BrN3O2. The molecule has 0 radical (unpaired) electrons. The van der Waals surface area contributed by atoms with Crippen LogP contribution >= 0.6 is 15.9 Å². The SMILES string of the molecule is CC(C)(C)OC(=O)NC1CCC(CN2CCN(c3ccc(Br)cc3)CC2)CC1. The molecule has 0 aromatic heterocycles. The van der Waals surface area contributed by atoms with E-state index in [2.05, 4.69) is 55.3 Å². The molecule has 0 spiro atoms. The smallest absolute Gasteiger partial charge is 0.407 e. The van der Waals surface area contributed by atoms with Crippen LogP contribution in [0.25, 0.3) is 0 Å². The molecule has 5 nitrogen and oxygen atoms in total. The van der Waals surface area contributed by atoms with Crippen LogP contribution in [0, 0.1) is 5.92 Å². The minimum atomic E-state index is -0.431. The van der Waals surface area contributed by atoms with Gasteiger partial charge in [-0.25, -0.2) is 4.79 Å². The Morgan fingerprint density at radius 3 is 2.25 bits per heavy atom. The Morgan fingerprint density at radius 1 is 1.07 bits per heavy atom. The van der Waals surface area contributed by atoms with Crippen molar-refractivity contribution in [2.75, 3.05) is 37.6 Å². The van der Waals surface area contributed by atoms with Gasteiger partial charge in [-0.1, -0.05) is 15.9 Å². The second kappa shape index (κ2) is 9.49. The van der Waals surface area contributed by atoms with Crippen LogP contribution in [-0.4, -0.2) is 55.4 Å². The fourth-order valence-corrected chi connectivity index (χ4v) is 4.43. The van der Waals surface area contributed by atoms with Gasteiger partial charge in [-0.15, -0.1) is 0 Å². The largest absolute Gasteiger partial charge is 0.444 e. The Labute approximate surface area is 177 Å². The highest BCUT2D eigenvalue weighted by atomic mass is 79.9. The van der Waals surface area contributed by atoms with Crippen molar-refractivity contribution in [1.29, 1.82) is 0 Å². The molecule has 1 N–H and O–H groups in total. The number of amides is 1. The molecule has 1 saturated carbocycles. The van der Waals surface area contributed by atoms with Gasteiger partial charge < -0.3 is 15.0 Å². The zero-order valence-corrected chi connectivity index (χ0v) is 19.0. The van der Waals surface area contributed by atoms with Gasteiger partial charge in [-0.05, 0) is 76.6 Å². The number of carbonyl (C=O) groups is 1. The molecule has 1 amide bonds. The van der Waals surface area contributed by atoms with E-state index in [1.165, 1.54) is 25.1 Å². The predicted octanol–water partition coefficient (Wildman–Crippen LogP) is 4.65. The number of nitrogens with one attached hydrogen (secondary N) is 1. The maximum absolute atomic E-state index is 11.9. The molecule has 3 rings (SSSR count). The molecule has 1 aromatic rings. The quantitative estimate of drug-likeness (QED) is 0.722. The molecule has 0 atom stereocenters. The molecule has 6 heteroatoms. The van der Waals surface area contributed by atoms with Crippen molar-refractivity contribution in [3.05, 3.63) is 28.7 Å². The van der Waals surface area contributed by atoms with E-state index in [-0.39, 0.29) is 12.1 Å². The van der Waals surface area contributed by atoms with E-state index in [1.807, 2.05) is 20.8 Å². The highest BCUT2D eigenvalue weighted by molar-refractivity contribution is 9.10. The number of anilines is 1. The van der Waals surface area contributed by atoms with Gasteiger partial charge in [0.15, 0.2) is 0 Å². The van der Waals surface area contributed by atoms with Gasteiger partial charge in [0.2, 0.25) is 0 Å². The van der Waals surface area contributed by atoms with Gasteiger partial charge in [0.1, 0.15) is 5.60 Å². The molecule has 0 unspecified atom stereocenters. The minimum absolute atomic E-state index is 0.264. The summed E-state index contributed by atoms with van der Waals surface area (Å²) in [6.45, 7) is 11.3. The molecular weight excluding hydrogens is 418 g/mol. The lowest BCUT2D eigenvalue weighted by Gasteiger charge is -2.39. The molecule has 1 aliphatic carbocycles. The first kappa shape index (κ1) is 21.4. The summed E-state index contributed by atoms with van der Waals surface area (Å²) in [5.41, 5.74) is 0.885. The summed E-state index contributed by atoms with van der Waals surface area (Å²) in [7, 11) is 0. The van der Waals surface area contributed by atoms with Crippen LogP contribution in [0.15, 0.2) is 28.7 Å². The average Bonchev–Trinajstić information content (AvgIpc) is 2.63. The van der Waals surface area contributed by atoms with Crippen molar-refractivity contribution in [2.45, 2.75) is 58.1 Å². The molecule has 2 fully saturated rings. The summed E-state index contributed by atoms with van der Waals surface area (Å²) in [5, 5.41) is 3.04. The topological polar surface area (TPSA) is 44.8 Å². The lowest BCUT2D eigenvalue weighted by atomic mass is 9.85. The second-order valence-electron chi connectivity index (χ2n) is 9.13. The number of benzene rings is 1. The lowest BCUT2D eigenvalue weighted by Crippen LogP contribution is -2.48. The number of halogens is 1. The van der Waals surface area contributed by atoms with Crippen LogP contribution in [0.2, 0.25) is 0 Å². The average molecular weight is 452 g/mol. The third-order valence-electron chi connectivity index (χ3n) is 5.65. The number of rotatable bonds is 4. The minimum Gasteiger partial charge on any atom is -0.444 e. The zero-order valence-electron chi connectivity index (χ0n) is 17.4. The number of hydrogen-bond acceptors (Lipinski definition) is 4. The Bertz CT molecular complexity index is 628. The van der Waals surface area contributed by atoms with Crippen LogP contribution in [0.3, 0.4) is 0 Å². The van der Waals surface area contributed by atoms with Crippen LogP contribution in [0.5, 0.6) is 0 Å². The van der Waals surface area contributed by atoms with Crippen LogP contribution < -0.4 is 10.2 Å². The maximum Gasteiger partial charge on any atom is 0.407 e. The first-order valence-corrected chi connectivity index (χ1v) is 11.3. The zero-order chi connectivity index (χ0) is 20.1. The van der Waals surface area contributed by atoms with E-state index in [4.69, 9.17) is 4.74 Å². The predicted molar refractivity (Wildman–Crippen MR) is 118 cm³/mol. The number of hydrogen-bond donors (Lipinski definition) is 1. The van der Waals surface area contributed by atoms with Crippen molar-refractivity contribution in [2.24, 2.45) is 5.92 Å². The molecule has 28 heavy (non-hydrogen) atoms. The summed E-state index contributed by atoms with van der Waals surface area (Å²) in [4.78, 5) is 17.0. The van der Waals surface area contributed by atoms with Crippen LogP contribution in [0.4, 0.5) is 10.5 Å². The van der Waals surface area contributed by atoms with Crippen molar-refractivity contribution in [3.8, 4) is 0 Å². The fraction of sp³-hybridized carbons (Fsp3) is 0.682. The van der Waals surface area contributed by atoms with E-state index in [9.17, 15) is 4.79 Å². The molecule has 1 saturated heterocycles. The van der Waals surface area contributed by atoms with Gasteiger partial charge in [-0.3, -0.25) is 4.90 Å². The van der Waals surface area contributed by atoms with E-state index in [0.29, 0.717) is 0 Å². The summed E-state index contributed by atoms with van der Waals surface area (Å²) in [6, 6.07) is 8.88. The summed E-state index contributed by atoms with van der Waals surface area (Å²) < 4.78 is 6.51. The number of carbonyl (C=O) groups excluding carboxylic acids is 1. The highest BCUT2D eigenvalue weighted by Gasteiger charge is 2.27. The van der Waals surface area contributed by atoms with E-state index >= 15 is 0 Å². The molecule has 1 heterocycles. The number of ether oxygens (including phenoxy) is 1. The first-order chi connectivity index (χ1) is 13.3. The van der Waals surface area contributed by atoms with Gasteiger partial charge in [0.05, 0.1) is 0 Å². The van der Waals surface area contributed by atoms with Gasteiger partial charge in [0, 0.05) is 48.9 Å². The number of nitrogens with zero attached hydrogens (tertiary/aromatic N) is 2. The number of alkyl carbamates (subject to hydrolysis) is 1. The highest BCUT2D eigenvalue weighted by Crippen LogP contribution is 2.26. The van der Waals surface area contributed by atoms with Gasteiger partial charge in [-0.2, -0.15) is 0 Å². The van der Waals surface area contributed by atoms with Gasteiger partial charge in [0.25, 0.3) is 0 Å². The van der Waals surface area contributed by atoms with E-state index in [1.54, 1.807) is 0 Å². The lowest BCUT2D eigenvalue weighted by molar-refractivity contribution is 0.0483. The van der Waals surface area contributed by atoms with Crippen molar-refractivity contribution < 1.29 is 9.53 Å². The Kier molecular flexibility index (Phi) is 7.26.